The molecule has 0 bridgehead atoms. The zero-order chi connectivity index (χ0) is 13.9. The fraction of sp³-hybridized carbons (Fsp3) is 0.400. The van der Waals surface area contributed by atoms with E-state index in [2.05, 4.69) is 10.3 Å². The first-order chi connectivity index (χ1) is 9.72. The van der Waals surface area contributed by atoms with E-state index in [1.807, 2.05) is 17.7 Å². The quantitative estimate of drug-likeness (QED) is 0.880. The van der Waals surface area contributed by atoms with Crippen LogP contribution in [-0.2, 0) is 20.2 Å². The smallest absolute Gasteiger partial charge is 0.165 e. The van der Waals surface area contributed by atoms with Crippen molar-refractivity contribution in [3.63, 3.8) is 0 Å². The number of nitrogens with zero attached hydrogens (tertiary/aromatic N) is 2. The predicted molar refractivity (Wildman–Crippen MR) is 73.8 cm³/mol. The fourth-order valence-corrected chi connectivity index (χ4v) is 2.00. The molecular formula is C15H18FN3O. The van der Waals surface area contributed by atoms with Crippen LogP contribution in [0.5, 0.6) is 5.75 Å². The van der Waals surface area contributed by atoms with Crippen LogP contribution >= 0.6 is 0 Å². The zero-order valence-corrected chi connectivity index (χ0v) is 11.5. The van der Waals surface area contributed by atoms with Crippen molar-refractivity contribution in [2.75, 3.05) is 0 Å². The normalized spacial score (nSPS) is 14.5. The van der Waals surface area contributed by atoms with Crippen LogP contribution < -0.4 is 10.1 Å². The first-order valence-corrected chi connectivity index (χ1v) is 6.82. The Morgan fingerprint density at radius 1 is 1.45 bits per heavy atom. The molecule has 2 aromatic rings. The number of aryl methyl sites for hydroxylation is 1. The van der Waals surface area contributed by atoms with E-state index in [-0.39, 0.29) is 11.6 Å². The molecule has 0 unspecified atom stereocenters. The summed E-state index contributed by atoms with van der Waals surface area (Å²) in [6, 6.07) is 5.75. The van der Waals surface area contributed by atoms with Gasteiger partial charge in [0.1, 0.15) is 6.61 Å². The summed E-state index contributed by atoms with van der Waals surface area (Å²) >= 11 is 0. The molecule has 1 fully saturated rings. The topological polar surface area (TPSA) is 39.1 Å². The maximum absolute atomic E-state index is 13.9. The minimum Gasteiger partial charge on any atom is -0.484 e. The summed E-state index contributed by atoms with van der Waals surface area (Å²) in [6.07, 6.45) is 5.87. The molecule has 1 aliphatic carbocycles. The van der Waals surface area contributed by atoms with Gasteiger partial charge in [0.15, 0.2) is 11.6 Å². The maximum Gasteiger partial charge on any atom is 0.165 e. The van der Waals surface area contributed by atoms with E-state index in [9.17, 15) is 4.39 Å². The summed E-state index contributed by atoms with van der Waals surface area (Å²) in [6.45, 7) is 1.02. The van der Waals surface area contributed by atoms with Crippen LogP contribution in [0.2, 0.25) is 0 Å². The number of benzene rings is 1. The van der Waals surface area contributed by atoms with Gasteiger partial charge >= 0.3 is 0 Å². The van der Waals surface area contributed by atoms with Gasteiger partial charge < -0.3 is 14.6 Å². The number of hydrogen-bond donors (Lipinski definition) is 1. The van der Waals surface area contributed by atoms with Gasteiger partial charge in [-0.3, -0.25) is 0 Å². The molecule has 4 nitrogen and oxygen atoms in total. The van der Waals surface area contributed by atoms with Gasteiger partial charge in [-0.15, -0.1) is 0 Å². The fourth-order valence-electron chi connectivity index (χ4n) is 2.00. The van der Waals surface area contributed by atoms with Crippen molar-refractivity contribution in [1.82, 2.24) is 14.9 Å². The molecule has 1 saturated carbocycles. The van der Waals surface area contributed by atoms with Crippen LogP contribution in [0.4, 0.5) is 4.39 Å². The van der Waals surface area contributed by atoms with Crippen molar-refractivity contribution in [2.45, 2.75) is 32.0 Å². The molecule has 1 aromatic carbocycles. The number of nitrogens with one attached hydrogen (secondary N) is 1. The lowest BCUT2D eigenvalue weighted by molar-refractivity contribution is 0.282. The SMILES string of the molecule is Cn1cncc1COc1ccc(CNC2CC2)cc1F. The van der Waals surface area contributed by atoms with Crippen molar-refractivity contribution >= 4 is 0 Å². The highest BCUT2D eigenvalue weighted by Crippen LogP contribution is 2.22. The number of hydrogen-bond acceptors (Lipinski definition) is 3. The largest absolute Gasteiger partial charge is 0.484 e. The zero-order valence-electron chi connectivity index (χ0n) is 11.5. The Morgan fingerprint density at radius 3 is 2.95 bits per heavy atom. The molecular weight excluding hydrogens is 257 g/mol. The van der Waals surface area contributed by atoms with Crippen molar-refractivity contribution < 1.29 is 9.13 Å². The summed E-state index contributed by atoms with van der Waals surface area (Å²) in [4.78, 5) is 4.00. The molecule has 0 spiro atoms. The highest BCUT2D eigenvalue weighted by Gasteiger charge is 2.20. The van der Waals surface area contributed by atoms with Crippen LogP contribution in [-0.4, -0.2) is 15.6 Å². The third kappa shape index (κ3) is 3.17. The van der Waals surface area contributed by atoms with Crippen LogP contribution in [0.15, 0.2) is 30.7 Å². The van der Waals surface area contributed by atoms with Gasteiger partial charge in [-0.05, 0) is 30.5 Å². The van der Waals surface area contributed by atoms with E-state index in [4.69, 9.17) is 4.74 Å². The Bertz CT molecular complexity index is 593. The minimum absolute atomic E-state index is 0.279. The van der Waals surface area contributed by atoms with Crippen LogP contribution in [0, 0.1) is 5.82 Å². The lowest BCUT2D eigenvalue weighted by Crippen LogP contribution is -2.15. The van der Waals surface area contributed by atoms with Crippen molar-refractivity contribution in [3.05, 3.63) is 47.8 Å². The predicted octanol–water partition coefficient (Wildman–Crippen LogP) is 2.39. The van der Waals surface area contributed by atoms with Gasteiger partial charge in [-0.1, -0.05) is 6.07 Å². The Hall–Kier alpha value is -1.88. The third-order valence-corrected chi connectivity index (χ3v) is 3.46. The second-order valence-electron chi connectivity index (χ2n) is 5.20. The second-order valence-corrected chi connectivity index (χ2v) is 5.20. The molecule has 1 aromatic heterocycles. The van der Waals surface area contributed by atoms with Crippen molar-refractivity contribution in [2.24, 2.45) is 7.05 Å². The Kier molecular flexibility index (Phi) is 3.69. The van der Waals surface area contributed by atoms with E-state index >= 15 is 0 Å². The van der Waals surface area contributed by atoms with E-state index in [0.29, 0.717) is 19.2 Å². The van der Waals surface area contributed by atoms with Gasteiger partial charge in [0, 0.05) is 19.6 Å². The summed E-state index contributed by atoms with van der Waals surface area (Å²) < 4.78 is 21.3. The molecule has 3 rings (SSSR count). The van der Waals surface area contributed by atoms with E-state index in [1.54, 1.807) is 18.6 Å². The first kappa shape index (κ1) is 13.1. The summed E-state index contributed by atoms with van der Waals surface area (Å²) in [5.41, 5.74) is 1.85. The molecule has 0 radical (unpaired) electrons. The Balaban J connectivity index is 1.60. The lowest BCUT2D eigenvalue weighted by Gasteiger charge is -2.09. The first-order valence-electron chi connectivity index (χ1n) is 6.82. The van der Waals surface area contributed by atoms with Gasteiger partial charge in [0.05, 0.1) is 18.2 Å². The summed E-state index contributed by atoms with van der Waals surface area (Å²) in [5, 5.41) is 3.36. The number of aromatic nitrogens is 2. The van der Waals surface area contributed by atoms with E-state index < -0.39 is 0 Å². The van der Waals surface area contributed by atoms with E-state index in [1.165, 1.54) is 18.9 Å². The van der Waals surface area contributed by atoms with Crippen molar-refractivity contribution in [3.8, 4) is 5.75 Å². The van der Waals surface area contributed by atoms with Gasteiger partial charge in [0.2, 0.25) is 0 Å². The number of rotatable bonds is 6. The number of ether oxygens (including phenoxy) is 1. The van der Waals surface area contributed by atoms with Gasteiger partial charge in [-0.25, -0.2) is 9.37 Å². The average Bonchev–Trinajstić information content (AvgIpc) is 3.18. The van der Waals surface area contributed by atoms with Gasteiger partial charge in [-0.2, -0.15) is 0 Å². The highest BCUT2D eigenvalue weighted by molar-refractivity contribution is 5.29. The van der Waals surface area contributed by atoms with Crippen molar-refractivity contribution in [1.29, 1.82) is 0 Å². The van der Waals surface area contributed by atoms with Crippen LogP contribution in [0.1, 0.15) is 24.1 Å². The number of halogens is 1. The molecule has 5 heteroatoms. The molecule has 1 heterocycles. The molecule has 1 aliphatic rings. The standard InChI is InChI=1S/C15H18FN3O/c1-19-10-17-8-13(19)9-20-15-5-2-11(6-14(15)16)7-18-12-3-4-12/h2,5-6,8,10,12,18H,3-4,7,9H2,1H3. The lowest BCUT2D eigenvalue weighted by atomic mass is 10.2. The summed E-state index contributed by atoms with van der Waals surface area (Å²) in [7, 11) is 1.88. The molecule has 0 aliphatic heterocycles. The molecule has 0 atom stereocenters. The van der Waals surface area contributed by atoms with Gasteiger partial charge in [0.25, 0.3) is 0 Å². The Morgan fingerprint density at radius 2 is 2.30 bits per heavy atom. The molecule has 0 amide bonds. The molecule has 106 valence electrons. The Labute approximate surface area is 117 Å². The maximum atomic E-state index is 13.9. The highest BCUT2D eigenvalue weighted by atomic mass is 19.1. The van der Waals surface area contributed by atoms with Crippen LogP contribution in [0.3, 0.4) is 0 Å². The monoisotopic (exact) mass is 275 g/mol. The van der Waals surface area contributed by atoms with Crippen LogP contribution in [0.25, 0.3) is 0 Å². The summed E-state index contributed by atoms with van der Waals surface area (Å²) in [5.74, 6) is -0.0383. The number of imidazole rings is 1. The third-order valence-electron chi connectivity index (χ3n) is 3.46. The minimum atomic E-state index is -0.317. The molecule has 1 N–H and O–H groups in total. The molecule has 20 heavy (non-hydrogen) atoms. The van der Waals surface area contributed by atoms with E-state index in [0.717, 1.165) is 11.3 Å². The second kappa shape index (κ2) is 5.63. The average molecular weight is 275 g/mol. The molecule has 0 saturated heterocycles.